The molecule has 4 nitrogen and oxygen atoms in total. The summed E-state index contributed by atoms with van der Waals surface area (Å²) in [6, 6.07) is 0. The van der Waals surface area contributed by atoms with Crippen molar-refractivity contribution < 1.29 is 0 Å². The van der Waals surface area contributed by atoms with Gasteiger partial charge in [-0.25, -0.2) is 4.99 Å². The second-order valence-electron chi connectivity index (χ2n) is 1.63. The van der Waals surface area contributed by atoms with Gasteiger partial charge in [0.05, 0.1) is 5.71 Å². The monoisotopic (exact) mass is 122 g/mol. The lowest BCUT2D eigenvalue weighted by Crippen LogP contribution is -2.19. The van der Waals surface area contributed by atoms with Crippen molar-refractivity contribution in [3.63, 3.8) is 0 Å². The van der Waals surface area contributed by atoms with Gasteiger partial charge in [-0.2, -0.15) is 0 Å². The van der Waals surface area contributed by atoms with E-state index in [0.717, 1.165) is 0 Å². The van der Waals surface area contributed by atoms with Crippen molar-refractivity contribution >= 4 is 17.4 Å². The summed E-state index contributed by atoms with van der Waals surface area (Å²) in [7, 11) is 0. The minimum absolute atomic E-state index is 0.0741. The molecule has 0 aromatic rings. The predicted molar refractivity (Wildman–Crippen MR) is 36.2 cm³/mol. The largest absolute Gasteiger partial charge is 0.384 e. The summed E-state index contributed by atoms with van der Waals surface area (Å²) in [6.07, 6.45) is 2.95. The Hall–Kier alpha value is -1.45. The molecule has 0 saturated carbocycles. The summed E-state index contributed by atoms with van der Waals surface area (Å²) in [5, 5.41) is 14.0. The molecular weight excluding hydrogens is 116 g/mol. The zero-order valence-electron chi connectivity index (χ0n) is 4.68. The van der Waals surface area contributed by atoms with Gasteiger partial charge in [0.25, 0.3) is 0 Å². The van der Waals surface area contributed by atoms with Crippen LogP contribution in [0.5, 0.6) is 0 Å². The second kappa shape index (κ2) is 1.81. The van der Waals surface area contributed by atoms with E-state index in [1.54, 1.807) is 0 Å². The fourth-order valence-electron chi connectivity index (χ4n) is 0.474. The molecule has 9 heavy (non-hydrogen) atoms. The molecule has 1 heterocycles. The summed E-state index contributed by atoms with van der Waals surface area (Å²) in [4.78, 5) is 3.53. The highest BCUT2D eigenvalue weighted by atomic mass is 14.9. The summed E-state index contributed by atoms with van der Waals surface area (Å²) in [5.41, 5.74) is 5.31. The Labute approximate surface area is 52.1 Å². The molecule has 1 aliphatic rings. The molecule has 1 aliphatic heterocycles. The maximum absolute atomic E-state index is 7.01. The van der Waals surface area contributed by atoms with Crippen molar-refractivity contribution in [1.82, 2.24) is 0 Å². The summed E-state index contributed by atoms with van der Waals surface area (Å²) in [6.45, 7) is 0. The third-order valence-electron chi connectivity index (χ3n) is 0.917. The molecule has 0 saturated heterocycles. The van der Waals surface area contributed by atoms with Crippen LogP contribution in [0.15, 0.2) is 17.1 Å². The summed E-state index contributed by atoms with van der Waals surface area (Å²) < 4.78 is 0. The Morgan fingerprint density at radius 2 is 2.00 bits per heavy atom. The van der Waals surface area contributed by atoms with E-state index in [0.29, 0.717) is 0 Å². The van der Waals surface area contributed by atoms with Crippen molar-refractivity contribution in [2.45, 2.75) is 0 Å². The van der Waals surface area contributed by atoms with Crippen molar-refractivity contribution in [2.24, 2.45) is 10.7 Å². The molecule has 46 valence electrons. The van der Waals surface area contributed by atoms with Gasteiger partial charge in [-0.05, 0) is 12.2 Å². The molecule has 0 radical (unpaired) electrons. The van der Waals surface area contributed by atoms with Gasteiger partial charge in [-0.1, -0.05) is 0 Å². The fraction of sp³-hybridized carbons (Fsp3) is 0. The van der Waals surface area contributed by atoms with Crippen molar-refractivity contribution in [1.29, 1.82) is 10.8 Å². The minimum atomic E-state index is -0.0741. The van der Waals surface area contributed by atoms with Crippen LogP contribution in [0.1, 0.15) is 0 Å². The molecule has 0 unspecified atom stereocenters. The molecule has 0 aliphatic carbocycles. The van der Waals surface area contributed by atoms with Crippen LogP contribution in [-0.2, 0) is 0 Å². The number of nitrogens with one attached hydrogen (secondary N) is 2. The van der Waals surface area contributed by atoms with Crippen LogP contribution >= 0.6 is 0 Å². The Bertz CT molecular complexity index is 223. The molecule has 0 atom stereocenters. The van der Waals surface area contributed by atoms with E-state index in [1.165, 1.54) is 12.2 Å². The Morgan fingerprint density at radius 1 is 1.33 bits per heavy atom. The van der Waals surface area contributed by atoms with Crippen molar-refractivity contribution in [3.8, 4) is 0 Å². The lowest BCUT2D eigenvalue weighted by atomic mass is 10.2. The van der Waals surface area contributed by atoms with Gasteiger partial charge >= 0.3 is 0 Å². The van der Waals surface area contributed by atoms with Gasteiger partial charge in [0.15, 0.2) is 5.84 Å². The summed E-state index contributed by atoms with van der Waals surface area (Å²) in [5.74, 6) is 0.214. The van der Waals surface area contributed by atoms with E-state index in [9.17, 15) is 0 Å². The number of hydrogen-bond donors (Lipinski definition) is 3. The highest BCUT2D eigenvalue weighted by molar-refractivity contribution is 6.47. The molecular formula is C5H6N4. The third kappa shape index (κ3) is 1.02. The first-order valence-corrected chi connectivity index (χ1v) is 2.40. The molecule has 0 aromatic carbocycles. The molecule has 4 heteroatoms. The average molecular weight is 122 g/mol. The number of amidine groups is 2. The number of hydrogen-bond acceptors (Lipinski definition) is 3. The number of rotatable bonds is 0. The lowest BCUT2D eigenvalue weighted by molar-refractivity contribution is 1.42. The van der Waals surface area contributed by atoms with Crippen molar-refractivity contribution in [2.75, 3.05) is 0 Å². The Balaban J connectivity index is 2.95. The third-order valence-corrected chi connectivity index (χ3v) is 0.917. The topological polar surface area (TPSA) is 86.1 Å². The van der Waals surface area contributed by atoms with E-state index < -0.39 is 0 Å². The first-order chi connectivity index (χ1) is 4.20. The predicted octanol–water partition coefficient (Wildman–Crippen LogP) is -0.0896. The number of aliphatic imine (C=N–C) groups is 1. The molecule has 0 spiro atoms. The molecule has 0 fully saturated rings. The first kappa shape index (κ1) is 5.68. The minimum Gasteiger partial charge on any atom is -0.384 e. The Kier molecular flexibility index (Phi) is 1.14. The van der Waals surface area contributed by atoms with Crippen LogP contribution in [-0.4, -0.2) is 17.4 Å². The lowest BCUT2D eigenvalue weighted by Gasteiger charge is -2.00. The Morgan fingerprint density at radius 3 is 2.44 bits per heavy atom. The zero-order chi connectivity index (χ0) is 6.85. The van der Waals surface area contributed by atoms with Gasteiger partial charge in [0.2, 0.25) is 0 Å². The molecule has 0 aromatic heterocycles. The normalized spacial score (nSPS) is 18.0. The van der Waals surface area contributed by atoms with Gasteiger partial charge in [0.1, 0.15) is 5.84 Å². The van der Waals surface area contributed by atoms with Crippen LogP contribution in [0, 0.1) is 10.8 Å². The molecule has 1 rings (SSSR count). The van der Waals surface area contributed by atoms with E-state index in [1.807, 2.05) is 0 Å². The van der Waals surface area contributed by atoms with E-state index in [4.69, 9.17) is 16.6 Å². The SMILES string of the molecule is N=C1C=CC(N)=NC1=N. The van der Waals surface area contributed by atoms with Gasteiger partial charge in [-0.15, -0.1) is 0 Å². The number of dihydropyridines is 1. The van der Waals surface area contributed by atoms with Crippen LogP contribution in [0.2, 0.25) is 0 Å². The molecule has 0 bridgehead atoms. The van der Waals surface area contributed by atoms with Crippen molar-refractivity contribution in [3.05, 3.63) is 12.2 Å². The zero-order valence-corrected chi connectivity index (χ0v) is 4.68. The van der Waals surface area contributed by atoms with Crippen LogP contribution < -0.4 is 5.73 Å². The first-order valence-electron chi connectivity index (χ1n) is 2.40. The highest BCUT2D eigenvalue weighted by Gasteiger charge is 2.03. The smallest absolute Gasteiger partial charge is 0.172 e. The van der Waals surface area contributed by atoms with E-state index >= 15 is 0 Å². The maximum atomic E-state index is 7.01. The van der Waals surface area contributed by atoms with Crippen LogP contribution in [0.25, 0.3) is 0 Å². The summed E-state index contributed by atoms with van der Waals surface area (Å²) >= 11 is 0. The quantitative estimate of drug-likeness (QED) is 0.412. The molecule has 4 N–H and O–H groups in total. The van der Waals surface area contributed by atoms with Crippen LogP contribution in [0.4, 0.5) is 0 Å². The fourth-order valence-corrected chi connectivity index (χ4v) is 0.474. The van der Waals surface area contributed by atoms with Gasteiger partial charge < -0.3 is 5.73 Å². The van der Waals surface area contributed by atoms with E-state index in [-0.39, 0.29) is 17.4 Å². The highest BCUT2D eigenvalue weighted by Crippen LogP contribution is 1.91. The van der Waals surface area contributed by atoms with E-state index in [2.05, 4.69) is 4.99 Å². The average Bonchev–Trinajstić information content (AvgIpc) is 1.80. The second-order valence-corrected chi connectivity index (χ2v) is 1.63. The van der Waals surface area contributed by atoms with Crippen LogP contribution in [0.3, 0.4) is 0 Å². The standard InChI is InChI=1S/C5H6N4/c6-3-1-2-4(7)9-5(3)8/h1-2,6H,(H3,7,8,9). The number of nitrogens with zero attached hydrogens (tertiary/aromatic N) is 1. The van der Waals surface area contributed by atoms with Gasteiger partial charge in [0, 0.05) is 0 Å². The number of nitrogens with two attached hydrogens (primary N) is 1. The van der Waals surface area contributed by atoms with Gasteiger partial charge in [-0.3, -0.25) is 10.8 Å². The molecule has 0 amide bonds. The maximum Gasteiger partial charge on any atom is 0.172 e.